The highest BCUT2D eigenvalue weighted by Gasteiger charge is 2.16. The smallest absolute Gasteiger partial charge is 0.234 e. The van der Waals surface area contributed by atoms with E-state index >= 15 is 0 Å². The SMILES string of the molecule is O=C1CCC(c2ccccc2)CCNC(=O)CN(Cc2ccccc2)CCCN1. The van der Waals surface area contributed by atoms with Gasteiger partial charge in [0.2, 0.25) is 11.8 Å². The minimum absolute atomic E-state index is 0.0637. The van der Waals surface area contributed by atoms with Crippen LogP contribution in [0.25, 0.3) is 0 Å². The van der Waals surface area contributed by atoms with Crippen LogP contribution in [0, 0.1) is 0 Å². The molecule has 0 aliphatic carbocycles. The lowest BCUT2D eigenvalue weighted by Gasteiger charge is -2.23. The van der Waals surface area contributed by atoms with E-state index < -0.39 is 0 Å². The Hall–Kier alpha value is -2.66. The Morgan fingerprint density at radius 1 is 0.828 bits per heavy atom. The van der Waals surface area contributed by atoms with Gasteiger partial charge in [-0.1, -0.05) is 60.7 Å². The molecule has 1 aliphatic rings. The minimum Gasteiger partial charge on any atom is -0.356 e. The molecule has 1 atom stereocenters. The minimum atomic E-state index is 0.0637. The largest absolute Gasteiger partial charge is 0.356 e. The number of carbonyl (C=O) groups is 2. The van der Waals surface area contributed by atoms with Crippen LogP contribution in [0.1, 0.15) is 42.7 Å². The van der Waals surface area contributed by atoms with E-state index in [1.165, 1.54) is 11.1 Å². The van der Waals surface area contributed by atoms with Crippen molar-refractivity contribution >= 4 is 11.8 Å². The highest BCUT2D eigenvalue weighted by atomic mass is 16.2. The van der Waals surface area contributed by atoms with Gasteiger partial charge in [0.05, 0.1) is 6.54 Å². The molecule has 0 radical (unpaired) electrons. The Morgan fingerprint density at radius 2 is 1.52 bits per heavy atom. The first-order valence-electron chi connectivity index (χ1n) is 10.6. The molecule has 1 fully saturated rings. The first-order chi connectivity index (χ1) is 14.2. The molecule has 1 unspecified atom stereocenters. The van der Waals surface area contributed by atoms with E-state index in [-0.39, 0.29) is 17.7 Å². The number of hydrogen-bond donors (Lipinski definition) is 2. The molecule has 2 N–H and O–H groups in total. The van der Waals surface area contributed by atoms with Gasteiger partial charge >= 0.3 is 0 Å². The van der Waals surface area contributed by atoms with Crippen LogP contribution in [0.15, 0.2) is 60.7 Å². The lowest BCUT2D eigenvalue weighted by molar-refractivity contribution is -0.123. The molecule has 0 bridgehead atoms. The quantitative estimate of drug-likeness (QED) is 0.842. The zero-order valence-corrected chi connectivity index (χ0v) is 17.0. The first-order valence-corrected chi connectivity index (χ1v) is 10.6. The van der Waals surface area contributed by atoms with Gasteiger partial charge in [-0.25, -0.2) is 0 Å². The second-order valence-corrected chi connectivity index (χ2v) is 7.68. The molecule has 2 amide bonds. The topological polar surface area (TPSA) is 61.4 Å². The van der Waals surface area contributed by atoms with Crippen molar-refractivity contribution in [2.75, 3.05) is 26.2 Å². The van der Waals surface area contributed by atoms with Gasteiger partial charge in [-0.05, 0) is 36.3 Å². The van der Waals surface area contributed by atoms with Crippen molar-refractivity contribution in [1.82, 2.24) is 15.5 Å². The number of nitrogens with zero attached hydrogens (tertiary/aromatic N) is 1. The lowest BCUT2D eigenvalue weighted by atomic mass is 9.91. The highest BCUT2D eigenvalue weighted by molar-refractivity contribution is 5.78. The average molecular weight is 394 g/mol. The van der Waals surface area contributed by atoms with Gasteiger partial charge in [-0.3, -0.25) is 14.5 Å². The van der Waals surface area contributed by atoms with E-state index in [1.54, 1.807) is 0 Å². The van der Waals surface area contributed by atoms with Crippen LogP contribution >= 0.6 is 0 Å². The van der Waals surface area contributed by atoms with Crippen molar-refractivity contribution in [2.45, 2.75) is 38.1 Å². The van der Waals surface area contributed by atoms with Crippen LogP contribution in [0.2, 0.25) is 0 Å². The van der Waals surface area contributed by atoms with Crippen molar-refractivity contribution in [3.8, 4) is 0 Å². The third-order valence-corrected chi connectivity index (χ3v) is 5.40. The summed E-state index contributed by atoms with van der Waals surface area (Å²) in [7, 11) is 0. The number of carbonyl (C=O) groups excluding carboxylic acids is 2. The molecule has 5 nitrogen and oxygen atoms in total. The van der Waals surface area contributed by atoms with Crippen molar-refractivity contribution in [2.24, 2.45) is 0 Å². The number of amides is 2. The van der Waals surface area contributed by atoms with Crippen LogP contribution in [0.3, 0.4) is 0 Å². The van der Waals surface area contributed by atoms with E-state index in [1.807, 2.05) is 36.4 Å². The summed E-state index contributed by atoms with van der Waals surface area (Å²) in [5, 5.41) is 6.12. The van der Waals surface area contributed by atoms with E-state index in [9.17, 15) is 9.59 Å². The molecular formula is C24H31N3O2. The zero-order chi connectivity index (χ0) is 20.3. The fraction of sp³-hybridized carbons (Fsp3) is 0.417. The van der Waals surface area contributed by atoms with Crippen LogP contribution in [-0.2, 0) is 16.1 Å². The first kappa shape index (κ1) is 21.1. The Balaban J connectivity index is 1.63. The van der Waals surface area contributed by atoms with Crippen molar-refractivity contribution in [1.29, 1.82) is 0 Å². The molecule has 2 aromatic carbocycles. The second kappa shape index (κ2) is 11.4. The number of nitrogens with one attached hydrogen (secondary N) is 2. The second-order valence-electron chi connectivity index (χ2n) is 7.68. The number of benzene rings is 2. The maximum Gasteiger partial charge on any atom is 0.234 e. The van der Waals surface area contributed by atoms with Gasteiger partial charge in [0, 0.05) is 32.6 Å². The molecule has 1 saturated heterocycles. The van der Waals surface area contributed by atoms with E-state index in [0.29, 0.717) is 26.1 Å². The predicted molar refractivity (Wildman–Crippen MR) is 115 cm³/mol. The van der Waals surface area contributed by atoms with Gasteiger partial charge in [0.1, 0.15) is 0 Å². The van der Waals surface area contributed by atoms with Gasteiger partial charge in [0.15, 0.2) is 0 Å². The Labute approximate surface area is 173 Å². The van der Waals surface area contributed by atoms with Crippen molar-refractivity contribution < 1.29 is 9.59 Å². The summed E-state index contributed by atoms with van der Waals surface area (Å²) in [5.74, 6) is 0.445. The Kier molecular flexibility index (Phi) is 8.25. The zero-order valence-electron chi connectivity index (χ0n) is 17.0. The van der Waals surface area contributed by atoms with Gasteiger partial charge in [0.25, 0.3) is 0 Å². The fourth-order valence-electron chi connectivity index (χ4n) is 3.83. The van der Waals surface area contributed by atoms with Crippen molar-refractivity contribution in [3.63, 3.8) is 0 Å². The lowest BCUT2D eigenvalue weighted by Crippen LogP contribution is -2.39. The predicted octanol–water partition coefficient (Wildman–Crippen LogP) is 3.08. The van der Waals surface area contributed by atoms with Crippen LogP contribution in [-0.4, -0.2) is 42.9 Å². The summed E-state index contributed by atoms with van der Waals surface area (Å²) in [6.07, 6.45) is 2.97. The maximum atomic E-state index is 12.5. The van der Waals surface area contributed by atoms with Crippen molar-refractivity contribution in [3.05, 3.63) is 71.8 Å². The molecule has 0 saturated carbocycles. The summed E-state index contributed by atoms with van der Waals surface area (Å²) in [5.41, 5.74) is 2.42. The highest BCUT2D eigenvalue weighted by Crippen LogP contribution is 2.24. The molecule has 0 spiro atoms. The Bertz CT molecular complexity index is 764. The molecule has 1 heterocycles. The summed E-state index contributed by atoms with van der Waals surface area (Å²) < 4.78 is 0. The standard InChI is InChI=1S/C24H31N3O2/c28-23-13-12-22(21-10-5-2-6-11-21)14-16-26-24(29)19-27(17-7-15-25-23)18-20-8-3-1-4-9-20/h1-6,8-11,22H,7,12-19H2,(H,25,28)(H,26,29). The third kappa shape index (κ3) is 7.35. The molecule has 29 heavy (non-hydrogen) atoms. The molecular weight excluding hydrogens is 362 g/mol. The summed E-state index contributed by atoms with van der Waals surface area (Å²) in [6, 6.07) is 20.5. The average Bonchev–Trinajstić information content (AvgIpc) is 2.74. The van der Waals surface area contributed by atoms with Gasteiger partial charge < -0.3 is 10.6 Å². The monoisotopic (exact) mass is 393 g/mol. The summed E-state index contributed by atoms with van der Waals surface area (Å²) in [4.78, 5) is 26.9. The molecule has 0 aromatic heterocycles. The number of rotatable bonds is 3. The summed E-state index contributed by atoms with van der Waals surface area (Å²) >= 11 is 0. The summed E-state index contributed by atoms with van der Waals surface area (Å²) in [6.45, 7) is 3.14. The van der Waals surface area contributed by atoms with E-state index in [4.69, 9.17) is 0 Å². The van der Waals surface area contributed by atoms with Crippen LogP contribution in [0.4, 0.5) is 0 Å². The van der Waals surface area contributed by atoms with Crippen LogP contribution < -0.4 is 10.6 Å². The Morgan fingerprint density at radius 3 is 2.28 bits per heavy atom. The molecule has 154 valence electrons. The molecule has 2 aromatic rings. The third-order valence-electron chi connectivity index (χ3n) is 5.40. The van der Waals surface area contributed by atoms with E-state index in [0.717, 1.165) is 32.4 Å². The fourth-order valence-corrected chi connectivity index (χ4v) is 3.83. The van der Waals surface area contributed by atoms with Gasteiger partial charge in [-0.15, -0.1) is 0 Å². The maximum absolute atomic E-state index is 12.5. The molecule has 1 aliphatic heterocycles. The normalized spacial score (nSPS) is 20.3. The van der Waals surface area contributed by atoms with E-state index in [2.05, 4.69) is 39.8 Å². The van der Waals surface area contributed by atoms with Gasteiger partial charge in [-0.2, -0.15) is 0 Å². The molecule has 5 heteroatoms. The van der Waals surface area contributed by atoms with Crippen LogP contribution in [0.5, 0.6) is 0 Å². The number of hydrogen-bond acceptors (Lipinski definition) is 3. The molecule has 3 rings (SSSR count).